The van der Waals surface area contributed by atoms with Crippen LogP contribution in [0.5, 0.6) is 0 Å². The molecule has 15 heteroatoms. The number of thiophene rings is 2. The number of aryl methyl sites for hydroxylation is 3. The zero-order valence-electron chi connectivity index (χ0n) is 32.8. The summed E-state index contributed by atoms with van der Waals surface area (Å²) in [6, 6.07) is 27.1. The molecule has 8 aromatic rings. The van der Waals surface area contributed by atoms with Crippen molar-refractivity contribution in [2.75, 3.05) is 29.7 Å². The number of hydrogen-bond acceptors (Lipinski definition) is 10. The summed E-state index contributed by atoms with van der Waals surface area (Å²) in [4.78, 5) is 24.5. The predicted molar refractivity (Wildman–Crippen MR) is 241 cm³/mol. The highest BCUT2D eigenvalue weighted by molar-refractivity contribution is 7.94. The molecular weight excluding hydrogens is 817 g/mol. The van der Waals surface area contributed by atoms with Crippen LogP contribution in [-0.4, -0.2) is 69.1 Å². The number of fused-ring (bicyclic) bond motifs is 5. The largest absolute Gasteiger partial charge is 0.341 e. The van der Waals surface area contributed by atoms with Gasteiger partial charge in [-0.25, -0.2) is 13.4 Å². The molecule has 1 amide bonds. The molecule has 10 rings (SSSR count). The molecule has 3 aromatic carbocycles. The highest BCUT2D eigenvalue weighted by atomic mass is 32.2. The fraction of sp³-hybridized carbons (Fsp3) is 0.295. The number of benzene rings is 3. The van der Waals surface area contributed by atoms with Gasteiger partial charge in [0.05, 0.1) is 21.6 Å². The minimum Gasteiger partial charge on any atom is -0.341 e. The summed E-state index contributed by atoms with van der Waals surface area (Å²) < 4.78 is 33.5. The first-order chi connectivity index (χ1) is 28.7. The van der Waals surface area contributed by atoms with Crippen molar-refractivity contribution in [2.24, 2.45) is 0 Å². The third-order valence-electron chi connectivity index (χ3n) is 11.6. The first kappa shape index (κ1) is 38.3. The van der Waals surface area contributed by atoms with Crippen molar-refractivity contribution in [2.45, 2.75) is 69.5 Å². The summed E-state index contributed by atoms with van der Waals surface area (Å²) in [6.07, 6.45) is 3.20. The molecule has 0 unspecified atom stereocenters. The van der Waals surface area contributed by atoms with Gasteiger partial charge in [0.15, 0.2) is 10.8 Å². The molecule has 0 spiro atoms. The Morgan fingerprint density at radius 2 is 1.80 bits per heavy atom. The van der Waals surface area contributed by atoms with E-state index in [1.807, 2.05) is 22.1 Å². The number of piperidine rings is 1. The Kier molecular flexibility index (Phi) is 10.1. The lowest BCUT2D eigenvalue weighted by atomic mass is 10.0. The second-order valence-corrected chi connectivity index (χ2v) is 20.4. The maximum atomic E-state index is 13.4. The normalized spacial score (nSPS) is 15.9. The Morgan fingerprint density at radius 3 is 2.59 bits per heavy atom. The number of aromatic nitrogens is 4. The molecule has 2 aliphatic rings. The molecule has 302 valence electrons. The quantitative estimate of drug-likeness (QED) is 0.141. The molecular formula is C44H44N8O3S4. The summed E-state index contributed by atoms with van der Waals surface area (Å²) in [7, 11) is -3.67. The molecule has 11 nitrogen and oxygen atoms in total. The fourth-order valence-electron chi connectivity index (χ4n) is 8.76. The molecule has 0 saturated carbocycles. The van der Waals surface area contributed by atoms with Crippen molar-refractivity contribution in [1.82, 2.24) is 29.1 Å². The number of rotatable bonds is 10. The van der Waals surface area contributed by atoms with Crippen LogP contribution in [-0.2, 0) is 36.2 Å². The molecule has 0 radical (unpaired) electrons. The SMILES string of the molecule is CCn1c2ccc(CN3CCC(N4CCCn5nc(C(=O)Nc6nc7ccc(NS(=O)(=O)c8cccs8)cc7s6)cc5C4)CC3)cc2c2ccc(-c3cc(C)cs3)cc21. The van der Waals surface area contributed by atoms with Gasteiger partial charge in [0.1, 0.15) is 4.21 Å². The van der Waals surface area contributed by atoms with Crippen LogP contribution in [0.1, 0.15) is 53.5 Å². The number of likely N-dealkylation sites (tertiary alicyclic amines) is 1. The predicted octanol–water partition coefficient (Wildman–Crippen LogP) is 9.64. The van der Waals surface area contributed by atoms with Crippen molar-refractivity contribution in [1.29, 1.82) is 0 Å². The van der Waals surface area contributed by atoms with E-state index in [9.17, 15) is 13.2 Å². The van der Waals surface area contributed by atoms with Gasteiger partial charge in [0, 0.05) is 65.4 Å². The van der Waals surface area contributed by atoms with Crippen LogP contribution in [0.2, 0.25) is 0 Å². The molecule has 7 heterocycles. The average Bonchev–Trinajstić information content (AvgIpc) is 4.08. The molecule has 59 heavy (non-hydrogen) atoms. The second-order valence-electron chi connectivity index (χ2n) is 15.6. The summed E-state index contributed by atoms with van der Waals surface area (Å²) in [5, 5.41) is 14.7. The standard InChI is InChI=1S/C44H44N8O3S4/c1-3-51-38-12-7-29(21-35(38)34-10-8-30(22-39(34)51)40-20-28(2)27-57-40)25-49-17-13-32(14-18-49)50-15-5-16-52-33(26-50)24-37(47-52)43(53)46-44-45-36-11-9-31(23-41(36)58-44)48-59(54,55)42-6-4-19-56-42/h4,6-12,19-24,27,32,48H,3,5,13-18,25-26H2,1-2H3,(H,45,46,53). The van der Waals surface area contributed by atoms with E-state index in [0.29, 0.717) is 28.1 Å². The Hall–Kier alpha value is -4.90. The molecule has 0 aliphatic carbocycles. The number of carbonyl (C=O) groups is 1. The monoisotopic (exact) mass is 860 g/mol. The number of hydrogen-bond donors (Lipinski definition) is 2. The topological polar surface area (TPSA) is 117 Å². The zero-order valence-corrected chi connectivity index (χ0v) is 36.1. The van der Waals surface area contributed by atoms with Crippen LogP contribution in [0.15, 0.2) is 93.8 Å². The van der Waals surface area contributed by atoms with E-state index < -0.39 is 10.0 Å². The first-order valence-electron chi connectivity index (χ1n) is 20.1. The number of carbonyl (C=O) groups excluding carboxylic acids is 1. The number of anilines is 2. The van der Waals surface area contributed by atoms with Gasteiger partial charge in [-0.3, -0.25) is 29.3 Å². The number of amides is 1. The van der Waals surface area contributed by atoms with Gasteiger partial charge in [0.2, 0.25) is 0 Å². The summed E-state index contributed by atoms with van der Waals surface area (Å²) in [6.45, 7) is 10.9. The van der Waals surface area contributed by atoms with Crippen molar-refractivity contribution in [3.05, 3.63) is 112 Å². The third kappa shape index (κ3) is 7.60. The van der Waals surface area contributed by atoms with E-state index in [1.54, 1.807) is 35.7 Å². The average molecular weight is 861 g/mol. The highest BCUT2D eigenvalue weighted by Gasteiger charge is 2.28. The molecule has 0 atom stereocenters. The summed E-state index contributed by atoms with van der Waals surface area (Å²) in [5.41, 5.74) is 9.11. The van der Waals surface area contributed by atoms with Gasteiger partial charge in [-0.1, -0.05) is 35.6 Å². The lowest BCUT2D eigenvalue weighted by Gasteiger charge is -2.38. The molecule has 5 aromatic heterocycles. The molecule has 2 aliphatic heterocycles. The van der Waals surface area contributed by atoms with E-state index in [-0.39, 0.29) is 10.1 Å². The van der Waals surface area contributed by atoms with Gasteiger partial charge in [0.25, 0.3) is 15.9 Å². The van der Waals surface area contributed by atoms with Gasteiger partial charge >= 0.3 is 0 Å². The minimum atomic E-state index is -3.67. The van der Waals surface area contributed by atoms with Crippen LogP contribution in [0.25, 0.3) is 42.5 Å². The van der Waals surface area contributed by atoms with E-state index in [0.717, 1.165) is 86.8 Å². The van der Waals surface area contributed by atoms with Crippen LogP contribution in [0.4, 0.5) is 10.8 Å². The van der Waals surface area contributed by atoms with Crippen LogP contribution in [0, 0.1) is 6.92 Å². The van der Waals surface area contributed by atoms with E-state index >= 15 is 0 Å². The number of sulfonamides is 1. The second kappa shape index (κ2) is 15.6. The van der Waals surface area contributed by atoms with Gasteiger partial charge in [-0.2, -0.15) is 5.10 Å². The van der Waals surface area contributed by atoms with Gasteiger partial charge in [-0.15, -0.1) is 22.7 Å². The summed E-state index contributed by atoms with van der Waals surface area (Å²) in [5.74, 6) is -0.307. The van der Waals surface area contributed by atoms with Crippen LogP contribution in [0.3, 0.4) is 0 Å². The van der Waals surface area contributed by atoms with E-state index in [1.165, 1.54) is 54.7 Å². The minimum absolute atomic E-state index is 0.248. The van der Waals surface area contributed by atoms with Gasteiger partial charge < -0.3 is 4.57 Å². The maximum absolute atomic E-state index is 13.4. The van der Waals surface area contributed by atoms with Crippen molar-refractivity contribution >= 4 is 92.8 Å². The Labute approximate surface area is 355 Å². The van der Waals surface area contributed by atoms with Crippen molar-refractivity contribution in [3.8, 4) is 10.4 Å². The van der Waals surface area contributed by atoms with Crippen molar-refractivity contribution in [3.63, 3.8) is 0 Å². The highest BCUT2D eigenvalue weighted by Crippen LogP contribution is 2.36. The molecule has 1 fully saturated rings. The Balaban J connectivity index is 0.769. The van der Waals surface area contributed by atoms with Crippen LogP contribution < -0.4 is 10.0 Å². The molecule has 2 N–H and O–H groups in total. The number of thiazole rings is 1. The zero-order chi connectivity index (χ0) is 40.3. The molecule has 0 bridgehead atoms. The fourth-order valence-corrected chi connectivity index (χ4v) is 12.6. The Morgan fingerprint density at radius 1 is 0.915 bits per heavy atom. The number of nitrogens with one attached hydrogen (secondary N) is 2. The molecule has 1 saturated heterocycles. The van der Waals surface area contributed by atoms with E-state index in [4.69, 9.17) is 5.10 Å². The van der Waals surface area contributed by atoms with E-state index in [2.05, 4.69) is 91.1 Å². The lowest BCUT2D eigenvalue weighted by Crippen LogP contribution is -2.44. The maximum Gasteiger partial charge on any atom is 0.277 e. The van der Waals surface area contributed by atoms with Crippen molar-refractivity contribution < 1.29 is 13.2 Å². The summed E-state index contributed by atoms with van der Waals surface area (Å²) >= 11 is 4.27. The van der Waals surface area contributed by atoms with Crippen LogP contribution >= 0.6 is 34.0 Å². The third-order valence-corrected chi connectivity index (χ3v) is 16.4. The lowest BCUT2D eigenvalue weighted by molar-refractivity contribution is 0.0998. The smallest absolute Gasteiger partial charge is 0.277 e. The Bertz CT molecular complexity index is 2950. The number of nitrogens with zero attached hydrogens (tertiary/aromatic N) is 6. The van der Waals surface area contributed by atoms with Gasteiger partial charge in [-0.05, 0) is 128 Å². The first-order valence-corrected chi connectivity index (χ1v) is 24.1.